The average Bonchev–Trinajstić information content (AvgIpc) is 2.82. The van der Waals surface area contributed by atoms with Gasteiger partial charge in [-0.2, -0.15) is 5.26 Å². The molecule has 2 N–H and O–H groups in total. The van der Waals surface area contributed by atoms with E-state index in [1.165, 1.54) is 18.2 Å². The highest BCUT2D eigenvalue weighted by atomic mass is 79.9. The fourth-order valence-electron chi connectivity index (χ4n) is 3.04. The summed E-state index contributed by atoms with van der Waals surface area (Å²) in [4.78, 5) is 23.6. The van der Waals surface area contributed by atoms with Crippen LogP contribution in [0.25, 0.3) is 6.08 Å². The van der Waals surface area contributed by atoms with Gasteiger partial charge in [-0.25, -0.2) is 4.79 Å². The standard InChI is InChI=1S/C26H20Br2N2O4/c1-2-16-5-9-21(10-6-16)30-25(31)20(14-29)11-18-12-22(27)24(23(28)13-18)34-15-17-3-7-19(8-4-17)26(32)33/h3-13H,2,15H2,1H3,(H,30,31)(H,32,33)/b20-11+. The van der Waals surface area contributed by atoms with Crippen LogP contribution in [0, 0.1) is 11.3 Å². The fourth-order valence-corrected chi connectivity index (χ4v) is 4.49. The van der Waals surface area contributed by atoms with Crippen molar-refractivity contribution in [3.8, 4) is 11.8 Å². The molecule has 3 rings (SSSR count). The van der Waals surface area contributed by atoms with E-state index in [0.717, 1.165) is 17.5 Å². The molecular weight excluding hydrogens is 564 g/mol. The van der Waals surface area contributed by atoms with Gasteiger partial charge in [0.1, 0.15) is 24.0 Å². The molecule has 0 unspecified atom stereocenters. The summed E-state index contributed by atoms with van der Waals surface area (Å²) in [5.74, 6) is -0.941. The molecule has 0 fully saturated rings. The number of aromatic carboxylic acids is 1. The first-order valence-corrected chi connectivity index (χ1v) is 11.9. The van der Waals surface area contributed by atoms with Crippen molar-refractivity contribution in [3.05, 3.63) is 97.4 Å². The Morgan fingerprint density at radius 3 is 2.15 bits per heavy atom. The van der Waals surface area contributed by atoms with Crippen LogP contribution in [0.3, 0.4) is 0 Å². The van der Waals surface area contributed by atoms with E-state index in [1.54, 1.807) is 36.4 Å². The Hall–Kier alpha value is -3.41. The van der Waals surface area contributed by atoms with Gasteiger partial charge >= 0.3 is 5.97 Å². The maximum Gasteiger partial charge on any atom is 0.335 e. The van der Waals surface area contributed by atoms with Crippen molar-refractivity contribution >= 4 is 55.5 Å². The van der Waals surface area contributed by atoms with Crippen LogP contribution in [0.4, 0.5) is 5.69 Å². The van der Waals surface area contributed by atoms with Gasteiger partial charge in [0.15, 0.2) is 0 Å². The number of amides is 1. The third-order valence-electron chi connectivity index (χ3n) is 4.90. The fraction of sp³-hybridized carbons (Fsp3) is 0.115. The summed E-state index contributed by atoms with van der Waals surface area (Å²) in [5, 5.41) is 21.2. The third kappa shape index (κ3) is 6.56. The molecule has 0 radical (unpaired) electrons. The Balaban J connectivity index is 1.73. The molecule has 34 heavy (non-hydrogen) atoms. The second-order valence-corrected chi connectivity index (χ2v) is 8.99. The second-order valence-electron chi connectivity index (χ2n) is 7.28. The minimum Gasteiger partial charge on any atom is -0.487 e. The number of carboxylic acids is 1. The molecule has 0 aromatic heterocycles. The summed E-state index contributed by atoms with van der Waals surface area (Å²) in [6, 6.07) is 19.3. The molecule has 0 spiro atoms. The number of carbonyl (C=O) groups is 2. The van der Waals surface area contributed by atoms with Crippen molar-refractivity contribution in [1.29, 1.82) is 5.26 Å². The molecule has 0 aliphatic heterocycles. The number of aryl methyl sites for hydroxylation is 1. The highest BCUT2D eigenvalue weighted by Gasteiger charge is 2.13. The van der Waals surface area contributed by atoms with Crippen LogP contribution in [0.2, 0.25) is 0 Å². The molecule has 3 aromatic carbocycles. The van der Waals surface area contributed by atoms with Crippen LogP contribution >= 0.6 is 31.9 Å². The van der Waals surface area contributed by atoms with Crippen LogP contribution in [0.15, 0.2) is 75.2 Å². The summed E-state index contributed by atoms with van der Waals surface area (Å²) in [6.07, 6.45) is 2.40. The van der Waals surface area contributed by atoms with E-state index < -0.39 is 11.9 Å². The van der Waals surface area contributed by atoms with Crippen molar-refractivity contribution in [2.24, 2.45) is 0 Å². The van der Waals surface area contributed by atoms with Crippen LogP contribution < -0.4 is 10.1 Å². The number of nitrogens with one attached hydrogen (secondary N) is 1. The van der Waals surface area contributed by atoms with E-state index in [2.05, 4.69) is 44.1 Å². The Bertz CT molecular complexity index is 1250. The van der Waals surface area contributed by atoms with Gasteiger partial charge in [-0.05, 0) is 97.4 Å². The molecule has 172 valence electrons. The summed E-state index contributed by atoms with van der Waals surface area (Å²) in [6.45, 7) is 2.28. The molecular formula is C26H20Br2N2O4. The Morgan fingerprint density at radius 1 is 1.03 bits per heavy atom. The van der Waals surface area contributed by atoms with E-state index in [1.807, 2.05) is 18.2 Å². The molecule has 3 aromatic rings. The lowest BCUT2D eigenvalue weighted by molar-refractivity contribution is -0.112. The summed E-state index contributed by atoms with van der Waals surface area (Å²) in [7, 11) is 0. The van der Waals surface area contributed by atoms with E-state index >= 15 is 0 Å². The van der Waals surface area contributed by atoms with Crippen LogP contribution in [-0.4, -0.2) is 17.0 Å². The minimum atomic E-state index is -0.985. The summed E-state index contributed by atoms with van der Waals surface area (Å²) < 4.78 is 7.14. The van der Waals surface area contributed by atoms with Gasteiger partial charge in [0.2, 0.25) is 0 Å². The predicted molar refractivity (Wildman–Crippen MR) is 138 cm³/mol. The number of ether oxygens (including phenoxy) is 1. The van der Waals surface area contributed by atoms with E-state index in [9.17, 15) is 14.9 Å². The van der Waals surface area contributed by atoms with Gasteiger partial charge in [-0.1, -0.05) is 31.2 Å². The quantitative estimate of drug-likeness (QED) is 0.230. The molecule has 8 heteroatoms. The molecule has 0 saturated heterocycles. The number of hydrogen-bond acceptors (Lipinski definition) is 4. The zero-order chi connectivity index (χ0) is 24.7. The molecule has 6 nitrogen and oxygen atoms in total. The lowest BCUT2D eigenvalue weighted by atomic mass is 10.1. The topological polar surface area (TPSA) is 99.4 Å². The Morgan fingerprint density at radius 2 is 1.62 bits per heavy atom. The molecule has 1 amide bonds. The number of anilines is 1. The molecule has 0 saturated carbocycles. The van der Waals surface area contributed by atoms with Crippen molar-refractivity contribution in [1.82, 2.24) is 0 Å². The highest BCUT2D eigenvalue weighted by molar-refractivity contribution is 9.11. The largest absolute Gasteiger partial charge is 0.487 e. The first-order chi connectivity index (χ1) is 16.3. The average molecular weight is 584 g/mol. The number of benzene rings is 3. The van der Waals surface area contributed by atoms with Gasteiger partial charge in [-0.3, -0.25) is 4.79 Å². The smallest absolute Gasteiger partial charge is 0.335 e. The maximum atomic E-state index is 12.6. The van der Waals surface area contributed by atoms with E-state index in [4.69, 9.17) is 9.84 Å². The van der Waals surface area contributed by atoms with Crippen molar-refractivity contribution < 1.29 is 19.4 Å². The number of carboxylic acid groups (broad SMARTS) is 1. The van der Waals surface area contributed by atoms with Crippen molar-refractivity contribution in [2.75, 3.05) is 5.32 Å². The summed E-state index contributed by atoms with van der Waals surface area (Å²) in [5.41, 5.74) is 3.38. The Labute approximate surface area is 214 Å². The molecule has 0 aliphatic rings. The minimum absolute atomic E-state index is 0.0365. The first kappa shape index (κ1) is 25.2. The van der Waals surface area contributed by atoms with E-state index in [0.29, 0.717) is 25.9 Å². The molecule has 0 bridgehead atoms. The maximum absolute atomic E-state index is 12.6. The van der Waals surface area contributed by atoms with Gasteiger partial charge in [0.05, 0.1) is 14.5 Å². The zero-order valence-electron chi connectivity index (χ0n) is 18.1. The number of nitriles is 1. The first-order valence-electron chi connectivity index (χ1n) is 10.3. The third-order valence-corrected chi connectivity index (χ3v) is 6.08. The van der Waals surface area contributed by atoms with Gasteiger partial charge in [0.25, 0.3) is 5.91 Å². The number of nitrogens with zero attached hydrogens (tertiary/aromatic N) is 1. The zero-order valence-corrected chi connectivity index (χ0v) is 21.3. The number of hydrogen-bond donors (Lipinski definition) is 2. The number of rotatable bonds is 8. The monoisotopic (exact) mass is 582 g/mol. The lowest BCUT2D eigenvalue weighted by Crippen LogP contribution is -2.13. The number of halogens is 2. The second kappa shape index (κ2) is 11.6. The van der Waals surface area contributed by atoms with Crippen molar-refractivity contribution in [2.45, 2.75) is 20.0 Å². The molecule has 0 heterocycles. The van der Waals surface area contributed by atoms with Crippen LogP contribution in [-0.2, 0) is 17.8 Å². The highest BCUT2D eigenvalue weighted by Crippen LogP contribution is 2.36. The van der Waals surface area contributed by atoms with E-state index in [-0.39, 0.29) is 17.7 Å². The SMILES string of the molecule is CCc1ccc(NC(=O)/C(C#N)=C/c2cc(Br)c(OCc3ccc(C(=O)O)cc3)c(Br)c2)cc1. The predicted octanol–water partition coefficient (Wildman–Crippen LogP) is 6.60. The normalized spacial score (nSPS) is 10.9. The van der Waals surface area contributed by atoms with Crippen molar-refractivity contribution in [3.63, 3.8) is 0 Å². The molecule has 0 atom stereocenters. The van der Waals surface area contributed by atoms with Crippen LogP contribution in [0.5, 0.6) is 5.75 Å². The van der Waals surface area contributed by atoms with Gasteiger partial charge in [-0.15, -0.1) is 0 Å². The lowest BCUT2D eigenvalue weighted by Gasteiger charge is -2.12. The Kier molecular flexibility index (Phi) is 8.63. The summed E-state index contributed by atoms with van der Waals surface area (Å²) >= 11 is 6.95. The number of carbonyl (C=O) groups excluding carboxylic acids is 1. The van der Waals surface area contributed by atoms with Gasteiger partial charge < -0.3 is 15.2 Å². The van der Waals surface area contributed by atoms with Gasteiger partial charge in [0, 0.05) is 5.69 Å². The van der Waals surface area contributed by atoms with Crippen LogP contribution in [0.1, 0.15) is 34.0 Å². The molecule has 0 aliphatic carbocycles.